The van der Waals surface area contributed by atoms with Crippen molar-refractivity contribution in [2.45, 2.75) is 20.5 Å². The zero-order chi connectivity index (χ0) is 21.3. The number of Topliss-reactive ketones (excluding diaryl/α,β-unsaturated/α-hetero) is 1. The first-order chi connectivity index (χ1) is 14.5. The average Bonchev–Trinajstić information content (AvgIpc) is 3.05. The van der Waals surface area contributed by atoms with Gasteiger partial charge in [0.1, 0.15) is 23.9 Å². The molecule has 0 aliphatic carbocycles. The predicted octanol–water partition coefficient (Wildman–Crippen LogP) is 6.27. The van der Waals surface area contributed by atoms with Gasteiger partial charge in [-0.3, -0.25) is 4.79 Å². The lowest BCUT2D eigenvalue weighted by atomic mass is 10.1. The van der Waals surface area contributed by atoms with Crippen LogP contribution in [0.5, 0.6) is 17.2 Å². The first kappa shape index (κ1) is 20.2. The lowest BCUT2D eigenvalue weighted by Gasteiger charge is -2.12. The van der Waals surface area contributed by atoms with E-state index in [1.807, 2.05) is 49.4 Å². The molecular weight excluding hydrogens is 444 g/mol. The molecule has 30 heavy (non-hydrogen) atoms. The molecule has 0 saturated carbocycles. The van der Waals surface area contributed by atoms with Crippen molar-refractivity contribution >= 4 is 27.8 Å². The zero-order valence-corrected chi connectivity index (χ0v) is 18.6. The molecule has 0 saturated heterocycles. The lowest BCUT2D eigenvalue weighted by molar-refractivity contribution is 0.101. The second kappa shape index (κ2) is 8.36. The van der Waals surface area contributed by atoms with E-state index in [9.17, 15) is 4.79 Å². The summed E-state index contributed by atoms with van der Waals surface area (Å²) in [6.07, 6.45) is 1.71. The third kappa shape index (κ3) is 3.85. The van der Waals surface area contributed by atoms with Crippen LogP contribution in [0.4, 0.5) is 0 Å². The van der Waals surface area contributed by atoms with Crippen molar-refractivity contribution in [3.8, 4) is 17.2 Å². The summed E-state index contributed by atoms with van der Waals surface area (Å²) in [5.41, 5.74) is 4.40. The minimum Gasteiger partial charge on any atom is -0.496 e. The van der Waals surface area contributed by atoms with E-state index in [2.05, 4.69) is 28.9 Å². The van der Waals surface area contributed by atoms with Gasteiger partial charge in [-0.15, -0.1) is 0 Å². The Kier molecular flexibility index (Phi) is 5.64. The Morgan fingerprint density at radius 2 is 1.80 bits per heavy atom. The van der Waals surface area contributed by atoms with E-state index in [1.54, 1.807) is 19.3 Å². The summed E-state index contributed by atoms with van der Waals surface area (Å²) in [6, 6.07) is 17.3. The normalized spacial score (nSPS) is 13.9. The first-order valence-electron chi connectivity index (χ1n) is 9.56. The smallest absolute Gasteiger partial charge is 0.231 e. The Balaban J connectivity index is 1.61. The van der Waals surface area contributed by atoms with Crippen LogP contribution in [0.2, 0.25) is 0 Å². The highest BCUT2D eigenvalue weighted by Gasteiger charge is 2.30. The highest BCUT2D eigenvalue weighted by atomic mass is 79.9. The summed E-state index contributed by atoms with van der Waals surface area (Å²) in [5.74, 6) is 2.02. The monoisotopic (exact) mass is 464 g/mol. The number of ketones is 1. The standard InChI is InChI=1S/C25H21BrO4/c1-15-6-4-5-7-17(15)14-29-21-11-9-20-24(27)23(30-25(20)16(21)2)13-18-12-19(26)8-10-22(18)28-3/h4-13H,14H2,1-3H3/b23-13-. The Bertz CT molecular complexity index is 1160. The van der Waals surface area contributed by atoms with Gasteiger partial charge in [0.2, 0.25) is 5.78 Å². The van der Waals surface area contributed by atoms with Crippen LogP contribution in [-0.4, -0.2) is 12.9 Å². The van der Waals surface area contributed by atoms with E-state index < -0.39 is 0 Å². The second-order valence-electron chi connectivity index (χ2n) is 7.11. The van der Waals surface area contributed by atoms with E-state index in [0.717, 1.165) is 21.2 Å². The van der Waals surface area contributed by atoms with E-state index in [0.29, 0.717) is 29.4 Å². The molecular formula is C25H21BrO4. The fourth-order valence-corrected chi connectivity index (χ4v) is 3.79. The van der Waals surface area contributed by atoms with Crippen LogP contribution >= 0.6 is 15.9 Å². The number of methoxy groups -OCH3 is 1. The van der Waals surface area contributed by atoms with Crippen LogP contribution in [0, 0.1) is 13.8 Å². The molecule has 0 N–H and O–H groups in total. The molecule has 1 aliphatic heterocycles. The van der Waals surface area contributed by atoms with Crippen molar-refractivity contribution in [3.63, 3.8) is 0 Å². The first-order valence-corrected chi connectivity index (χ1v) is 10.4. The molecule has 0 radical (unpaired) electrons. The number of carbonyl (C=O) groups is 1. The predicted molar refractivity (Wildman–Crippen MR) is 120 cm³/mol. The molecule has 0 unspecified atom stereocenters. The summed E-state index contributed by atoms with van der Waals surface area (Å²) < 4.78 is 18.3. The summed E-state index contributed by atoms with van der Waals surface area (Å²) >= 11 is 3.45. The summed E-state index contributed by atoms with van der Waals surface area (Å²) in [5, 5.41) is 0. The van der Waals surface area contributed by atoms with Gasteiger partial charge in [0.15, 0.2) is 5.76 Å². The van der Waals surface area contributed by atoms with E-state index >= 15 is 0 Å². The molecule has 0 atom stereocenters. The van der Waals surface area contributed by atoms with Gasteiger partial charge in [0, 0.05) is 15.6 Å². The number of halogens is 1. The highest BCUT2D eigenvalue weighted by molar-refractivity contribution is 9.10. The van der Waals surface area contributed by atoms with Gasteiger partial charge in [-0.2, -0.15) is 0 Å². The van der Waals surface area contributed by atoms with Crippen molar-refractivity contribution in [2.24, 2.45) is 0 Å². The Labute approximate surface area is 184 Å². The number of hydrogen-bond acceptors (Lipinski definition) is 4. The maximum Gasteiger partial charge on any atom is 0.231 e. The van der Waals surface area contributed by atoms with Gasteiger partial charge in [0.25, 0.3) is 0 Å². The third-order valence-corrected chi connectivity index (χ3v) is 5.65. The number of aryl methyl sites for hydroxylation is 1. The van der Waals surface area contributed by atoms with Crippen molar-refractivity contribution < 1.29 is 19.0 Å². The van der Waals surface area contributed by atoms with Gasteiger partial charge in [-0.05, 0) is 61.4 Å². The molecule has 1 heterocycles. The van der Waals surface area contributed by atoms with Crippen molar-refractivity contribution in [3.05, 3.63) is 92.6 Å². The Morgan fingerprint density at radius 1 is 1.03 bits per heavy atom. The molecule has 0 spiro atoms. The molecule has 5 heteroatoms. The number of hydrogen-bond donors (Lipinski definition) is 0. The van der Waals surface area contributed by atoms with Gasteiger partial charge in [0.05, 0.1) is 12.7 Å². The largest absolute Gasteiger partial charge is 0.496 e. The molecule has 152 valence electrons. The van der Waals surface area contributed by atoms with E-state index in [4.69, 9.17) is 14.2 Å². The molecule has 0 amide bonds. The second-order valence-corrected chi connectivity index (χ2v) is 8.02. The summed E-state index contributed by atoms with van der Waals surface area (Å²) in [6.45, 7) is 4.42. The van der Waals surface area contributed by atoms with Crippen molar-refractivity contribution in [2.75, 3.05) is 7.11 Å². The fourth-order valence-electron chi connectivity index (χ4n) is 3.41. The third-order valence-electron chi connectivity index (χ3n) is 5.16. The minimum absolute atomic E-state index is 0.152. The molecule has 4 rings (SSSR count). The number of ether oxygens (including phenoxy) is 3. The van der Waals surface area contributed by atoms with E-state index in [-0.39, 0.29) is 11.5 Å². The molecule has 0 bridgehead atoms. The number of allylic oxidation sites excluding steroid dienone is 1. The number of benzene rings is 3. The molecule has 3 aromatic carbocycles. The van der Waals surface area contributed by atoms with Crippen LogP contribution in [0.3, 0.4) is 0 Å². The molecule has 1 aliphatic rings. The topological polar surface area (TPSA) is 44.8 Å². The van der Waals surface area contributed by atoms with Crippen LogP contribution in [0.15, 0.2) is 64.8 Å². The van der Waals surface area contributed by atoms with Gasteiger partial charge in [-0.25, -0.2) is 0 Å². The quantitative estimate of drug-likeness (QED) is 0.417. The maximum absolute atomic E-state index is 12.9. The van der Waals surface area contributed by atoms with Crippen molar-refractivity contribution in [1.29, 1.82) is 0 Å². The van der Waals surface area contributed by atoms with E-state index in [1.165, 1.54) is 5.56 Å². The van der Waals surface area contributed by atoms with Gasteiger partial charge < -0.3 is 14.2 Å². The Morgan fingerprint density at radius 3 is 2.57 bits per heavy atom. The minimum atomic E-state index is -0.152. The lowest BCUT2D eigenvalue weighted by Crippen LogP contribution is -2.00. The van der Waals surface area contributed by atoms with Crippen LogP contribution in [0.1, 0.15) is 32.6 Å². The SMILES string of the molecule is COc1ccc(Br)cc1/C=C1\Oc2c(ccc(OCc3ccccc3C)c2C)C1=O. The molecule has 3 aromatic rings. The van der Waals surface area contributed by atoms with Crippen molar-refractivity contribution in [1.82, 2.24) is 0 Å². The fraction of sp³-hybridized carbons (Fsp3) is 0.160. The van der Waals surface area contributed by atoms with Crippen LogP contribution in [0.25, 0.3) is 6.08 Å². The molecule has 0 aromatic heterocycles. The maximum atomic E-state index is 12.9. The van der Waals surface area contributed by atoms with Crippen LogP contribution < -0.4 is 14.2 Å². The summed E-state index contributed by atoms with van der Waals surface area (Å²) in [7, 11) is 1.60. The van der Waals surface area contributed by atoms with Gasteiger partial charge >= 0.3 is 0 Å². The Hall–Kier alpha value is -3.05. The zero-order valence-electron chi connectivity index (χ0n) is 17.0. The number of fused-ring (bicyclic) bond motifs is 1. The van der Waals surface area contributed by atoms with Crippen LogP contribution in [-0.2, 0) is 6.61 Å². The van der Waals surface area contributed by atoms with Gasteiger partial charge in [-0.1, -0.05) is 40.2 Å². The average molecular weight is 465 g/mol. The molecule has 0 fully saturated rings. The number of carbonyl (C=O) groups excluding carboxylic acids is 1. The number of rotatable bonds is 5. The molecule has 4 nitrogen and oxygen atoms in total. The highest BCUT2D eigenvalue weighted by Crippen LogP contribution is 2.40. The summed E-state index contributed by atoms with van der Waals surface area (Å²) in [4.78, 5) is 12.9.